The second-order valence-electron chi connectivity index (χ2n) is 7.99. The fourth-order valence-electron chi connectivity index (χ4n) is 4.02. The van der Waals surface area contributed by atoms with Crippen LogP contribution in [0.1, 0.15) is 123 Å². The van der Waals surface area contributed by atoms with Gasteiger partial charge in [-0.25, -0.2) is 9.13 Å². The third-order valence-electron chi connectivity index (χ3n) is 5.77. The van der Waals surface area contributed by atoms with Gasteiger partial charge in [-0.15, -0.1) is 0 Å². The molecule has 0 radical (unpaired) electrons. The lowest BCUT2D eigenvalue weighted by Gasteiger charge is -2.04. The molecule has 0 saturated carbocycles. The summed E-state index contributed by atoms with van der Waals surface area (Å²) in [5, 5.41) is 0. The van der Waals surface area contributed by atoms with Crippen molar-refractivity contribution in [1.29, 1.82) is 0 Å². The Morgan fingerprint density at radius 2 is 1.12 bits per heavy atom. The quantitative estimate of drug-likeness (QED) is 0.192. The maximum atomic E-state index is 2.41. The molecule has 0 bridgehead atoms. The smallest absolute Gasteiger partial charge is 0.235 e. The van der Waals surface area contributed by atoms with Crippen molar-refractivity contribution >= 4 is 0 Å². The standard InChI is InChI=1S/C24H47N2/c1-4-7-8-9-10-11-12-13-14-15-16-17-18-19-20-21-24-25(5-2)22-23-26(24)6-3/h22-23H,4-21H2,1-3H3/q+1. The summed E-state index contributed by atoms with van der Waals surface area (Å²) in [6.45, 7) is 8.99. The monoisotopic (exact) mass is 363 g/mol. The fourth-order valence-corrected chi connectivity index (χ4v) is 4.02. The lowest BCUT2D eigenvalue weighted by Crippen LogP contribution is -2.35. The Morgan fingerprint density at radius 3 is 1.54 bits per heavy atom. The molecule has 0 aliphatic rings. The Balaban J connectivity index is 1.87. The van der Waals surface area contributed by atoms with Crippen LogP contribution in [-0.2, 0) is 19.5 Å². The Hall–Kier alpha value is -0.790. The second kappa shape index (κ2) is 16.4. The second-order valence-corrected chi connectivity index (χ2v) is 7.99. The number of hydrogen-bond acceptors (Lipinski definition) is 0. The Labute approximate surface area is 164 Å². The molecule has 0 aliphatic heterocycles. The van der Waals surface area contributed by atoms with Gasteiger partial charge < -0.3 is 0 Å². The van der Waals surface area contributed by atoms with Crippen LogP contribution in [0.3, 0.4) is 0 Å². The molecule has 0 amide bonds. The molecule has 26 heavy (non-hydrogen) atoms. The highest BCUT2D eigenvalue weighted by Crippen LogP contribution is 2.14. The summed E-state index contributed by atoms with van der Waals surface area (Å²) in [5.74, 6) is 1.52. The van der Waals surface area contributed by atoms with E-state index in [0.717, 1.165) is 13.1 Å². The van der Waals surface area contributed by atoms with Gasteiger partial charge in [-0.2, -0.15) is 0 Å². The molecule has 152 valence electrons. The molecule has 0 fully saturated rings. The number of rotatable bonds is 18. The maximum Gasteiger partial charge on any atom is 0.256 e. The van der Waals surface area contributed by atoms with Gasteiger partial charge in [0.05, 0.1) is 13.1 Å². The molecule has 0 aromatic carbocycles. The van der Waals surface area contributed by atoms with Crippen molar-refractivity contribution < 1.29 is 4.57 Å². The zero-order valence-electron chi connectivity index (χ0n) is 18.3. The van der Waals surface area contributed by atoms with E-state index in [0.29, 0.717) is 0 Å². The molecule has 0 saturated heterocycles. The summed E-state index contributed by atoms with van der Waals surface area (Å²) >= 11 is 0. The van der Waals surface area contributed by atoms with Gasteiger partial charge in [-0.3, -0.25) is 0 Å². The first-order valence-corrected chi connectivity index (χ1v) is 11.9. The summed E-state index contributed by atoms with van der Waals surface area (Å²) in [4.78, 5) is 0. The van der Waals surface area contributed by atoms with E-state index in [9.17, 15) is 0 Å². The summed E-state index contributed by atoms with van der Waals surface area (Å²) < 4.78 is 4.82. The van der Waals surface area contributed by atoms with E-state index < -0.39 is 0 Å². The van der Waals surface area contributed by atoms with Crippen molar-refractivity contribution in [2.45, 2.75) is 137 Å². The SMILES string of the molecule is CCCCCCCCCCCCCCCCCc1n(CC)cc[n+]1CC. The Kier molecular flexibility index (Phi) is 14.7. The molecule has 0 aliphatic carbocycles. The minimum absolute atomic E-state index is 1.10. The van der Waals surface area contributed by atoms with Crippen molar-refractivity contribution in [3.05, 3.63) is 18.2 Å². The van der Waals surface area contributed by atoms with Crippen LogP contribution in [0.5, 0.6) is 0 Å². The van der Waals surface area contributed by atoms with Gasteiger partial charge in [0.1, 0.15) is 12.4 Å². The fraction of sp³-hybridized carbons (Fsp3) is 0.875. The average molecular weight is 364 g/mol. The minimum Gasteiger partial charge on any atom is -0.235 e. The normalized spacial score (nSPS) is 11.3. The molecule has 2 nitrogen and oxygen atoms in total. The molecule has 1 heterocycles. The zero-order valence-corrected chi connectivity index (χ0v) is 18.3. The molecular formula is C24H47N2+. The Bertz CT molecular complexity index is 400. The average Bonchev–Trinajstić information content (AvgIpc) is 3.06. The molecule has 1 rings (SSSR count). The highest BCUT2D eigenvalue weighted by molar-refractivity contribution is 4.83. The predicted octanol–water partition coefficient (Wildman–Crippen LogP) is 7.23. The van der Waals surface area contributed by atoms with Gasteiger partial charge in [0.2, 0.25) is 0 Å². The first-order chi connectivity index (χ1) is 12.8. The van der Waals surface area contributed by atoms with Gasteiger partial charge in [0.25, 0.3) is 5.82 Å². The highest BCUT2D eigenvalue weighted by atomic mass is 15.1. The summed E-state index contributed by atoms with van der Waals surface area (Å²) in [6, 6.07) is 0. The van der Waals surface area contributed by atoms with Crippen LogP contribution in [0.2, 0.25) is 0 Å². The number of aryl methyl sites for hydroxylation is 2. The van der Waals surface area contributed by atoms with Crippen LogP contribution < -0.4 is 4.57 Å². The topological polar surface area (TPSA) is 8.81 Å². The van der Waals surface area contributed by atoms with Crippen LogP contribution in [0.25, 0.3) is 0 Å². The van der Waals surface area contributed by atoms with Crippen LogP contribution in [0.15, 0.2) is 12.4 Å². The molecule has 1 aromatic rings. The summed E-state index contributed by atoms with van der Waals surface area (Å²) in [5.41, 5.74) is 0. The van der Waals surface area contributed by atoms with E-state index in [1.807, 2.05) is 0 Å². The third-order valence-corrected chi connectivity index (χ3v) is 5.77. The minimum atomic E-state index is 1.10. The van der Waals surface area contributed by atoms with E-state index in [1.54, 1.807) is 0 Å². The first kappa shape index (κ1) is 23.2. The van der Waals surface area contributed by atoms with E-state index in [-0.39, 0.29) is 0 Å². The van der Waals surface area contributed by atoms with Crippen molar-refractivity contribution in [3.63, 3.8) is 0 Å². The lowest BCUT2D eigenvalue weighted by atomic mass is 10.0. The number of imidazole rings is 1. The number of nitrogens with zero attached hydrogens (tertiary/aromatic N) is 2. The van der Waals surface area contributed by atoms with Gasteiger partial charge in [-0.1, -0.05) is 96.8 Å². The van der Waals surface area contributed by atoms with Crippen molar-refractivity contribution in [3.8, 4) is 0 Å². The van der Waals surface area contributed by atoms with Gasteiger partial charge in [0.15, 0.2) is 0 Å². The van der Waals surface area contributed by atoms with Gasteiger partial charge in [0, 0.05) is 6.42 Å². The first-order valence-electron chi connectivity index (χ1n) is 11.9. The van der Waals surface area contributed by atoms with E-state index in [2.05, 4.69) is 42.3 Å². The van der Waals surface area contributed by atoms with Crippen LogP contribution >= 0.6 is 0 Å². The van der Waals surface area contributed by atoms with Crippen LogP contribution in [0, 0.1) is 0 Å². The summed E-state index contributed by atoms with van der Waals surface area (Å²) in [7, 11) is 0. The van der Waals surface area contributed by atoms with Gasteiger partial charge in [-0.05, 0) is 20.3 Å². The van der Waals surface area contributed by atoms with Gasteiger partial charge >= 0.3 is 0 Å². The molecule has 0 unspecified atom stereocenters. The Morgan fingerprint density at radius 1 is 0.654 bits per heavy atom. The van der Waals surface area contributed by atoms with Crippen LogP contribution in [-0.4, -0.2) is 4.57 Å². The molecule has 1 aromatic heterocycles. The number of unbranched alkanes of at least 4 members (excludes halogenated alkanes) is 14. The van der Waals surface area contributed by atoms with Crippen molar-refractivity contribution in [1.82, 2.24) is 4.57 Å². The lowest BCUT2D eigenvalue weighted by molar-refractivity contribution is -0.700. The number of hydrogen-bond donors (Lipinski definition) is 0. The number of aromatic nitrogens is 2. The molecule has 0 spiro atoms. The van der Waals surface area contributed by atoms with Crippen LogP contribution in [0.4, 0.5) is 0 Å². The molecule has 0 N–H and O–H groups in total. The molecule has 2 heteroatoms. The molecule has 0 atom stereocenters. The zero-order chi connectivity index (χ0) is 18.9. The van der Waals surface area contributed by atoms with E-state index >= 15 is 0 Å². The largest absolute Gasteiger partial charge is 0.256 e. The predicted molar refractivity (Wildman–Crippen MR) is 115 cm³/mol. The van der Waals surface area contributed by atoms with Crippen molar-refractivity contribution in [2.24, 2.45) is 0 Å². The maximum absolute atomic E-state index is 2.41. The summed E-state index contributed by atoms with van der Waals surface area (Å²) in [6.07, 6.45) is 27.3. The van der Waals surface area contributed by atoms with E-state index in [1.165, 1.54) is 109 Å². The third kappa shape index (κ3) is 10.4. The van der Waals surface area contributed by atoms with E-state index in [4.69, 9.17) is 0 Å². The molecular weight excluding hydrogens is 316 g/mol. The van der Waals surface area contributed by atoms with Crippen molar-refractivity contribution in [2.75, 3.05) is 0 Å². The highest BCUT2D eigenvalue weighted by Gasteiger charge is 2.13.